The van der Waals surface area contributed by atoms with Gasteiger partial charge in [0.25, 0.3) is 0 Å². The predicted molar refractivity (Wildman–Crippen MR) is 143 cm³/mol. The van der Waals surface area contributed by atoms with E-state index in [0.717, 1.165) is 60.7 Å². The molecule has 0 bridgehead atoms. The second-order valence-corrected chi connectivity index (χ2v) is 10.4. The van der Waals surface area contributed by atoms with Crippen molar-refractivity contribution in [3.8, 4) is 11.4 Å². The average molecular weight is 484 g/mol. The van der Waals surface area contributed by atoms with E-state index in [1.54, 1.807) is 6.20 Å². The van der Waals surface area contributed by atoms with E-state index in [9.17, 15) is 4.79 Å². The summed E-state index contributed by atoms with van der Waals surface area (Å²) >= 11 is 0. The molecule has 1 fully saturated rings. The molecule has 7 nitrogen and oxygen atoms in total. The van der Waals surface area contributed by atoms with Crippen LogP contribution in [0.25, 0.3) is 22.4 Å². The van der Waals surface area contributed by atoms with Crippen molar-refractivity contribution >= 4 is 22.7 Å². The molecule has 0 atom stereocenters. The molecule has 0 radical (unpaired) electrons. The lowest BCUT2D eigenvalue weighted by molar-refractivity contribution is 0.0600. The second-order valence-electron chi connectivity index (χ2n) is 10.4. The van der Waals surface area contributed by atoms with Gasteiger partial charge >= 0.3 is 5.97 Å². The fourth-order valence-electron chi connectivity index (χ4n) is 4.75. The quantitative estimate of drug-likeness (QED) is 0.401. The maximum absolute atomic E-state index is 11.8. The third kappa shape index (κ3) is 4.97. The van der Waals surface area contributed by atoms with Gasteiger partial charge in [0.15, 0.2) is 0 Å². The first-order chi connectivity index (χ1) is 17.3. The third-order valence-corrected chi connectivity index (χ3v) is 6.86. The molecule has 3 heterocycles. The number of ether oxygens (including phenoxy) is 1. The van der Waals surface area contributed by atoms with Crippen LogP contribution in [-0.2, 0) is 16.7 Å². The molecule has 1 aliphatic rings. The number of piperazine rings is 1. The number of hydrogen-bond donors (Lipinski definition) is 1. The number of esters is 1. The first kappa shape index (κ1) is 24.0. The molecular formula is C29H33N5O2. The Morgan fingerprint density at radius 3 is 2.47 bits per heavy atom. The van der Waals surface area contributed by atoms with Crippen molar-refractivity contribution in [2.45, 2.75) is 32.7 Å². The van der Waals surface area contributed by atoms with Gasteiger partial charge in [-0.15, -0.1) is 0 Å². The average Bonchev–Trinajstić information content (AvgIpc) is 3.33. The van der Waals surface area contributed by atoms with Crippen LogP contribution in [-0.4, -0.2) is 59.1 Å². The number of benzene rings is 2. The van der Waals surface area contributed by atoms with Gasteiger partial charge in [0.1, 0.15) is 5.82 Å². The summed E-state index contributed by atoms with van der Waals surface area (Å²) in [5.41, 5.74) is 7.29. The van der Waals surface area contributed by atoms with Crippen molar-refractivity contribution in [3.63, 3.8) is 0 Å². The van der Waals surface area contributed by atoms with E-state index in [4.69, 9.17) is 9.72 Å². The zero-order chi connectivity index (χ0) is 25.3. The number of nitrogens with zero attached hydrogens (tertiary/aromatic N) is 4. The number of pyridine rings is 1. The molecule has 36 heavy (non-hydrogen) atoms. The van der Waals surface area contributed by atoms with Crippen LogP contribution < -0.4 is 4.90 Å². The van der Waals surface area contributed by atoms with E-state index in [1.165, 1.54) is 18.4 Å². The van der Waals surface area contributed by atoms with Crippen molar-refractivity contribution in [2.75, 3.05) is 38.2 Å². The van der Waals surface area contributed by atoms with Crippen LogP contribution in [0, 0.1) is 0 Å². The van der Waals surface area contributed by atoms with E-state index < -0.39 is 0 Å². The van der Waals surface area contributed by atoms with Gasteiger partial charge < -0.3 is 14.6 Å². The fraction of sp³-hybridized carbons (Fsp3) is 0.345. The van der Waals surface area contributed by atoms with Crippen LogP contribution in [0.1, 0.15) is 42.3 Å². The molecule has 186 valence electrons. The SMILES string of the molecule is COC(=O)c1cncc(CN2CCN(c3cccc4nc(-c5ccc(C(C)(C)C)cc5)[nH]c34)CC2)c1. The van der Waals surface area contributed by atoms with Crippen LogP contribution in [0.5, 0.6) is 0 Å². The monoisotopic (exact) mass is 483 g/mol. The minimum Gasteiger partial charge on any atom is -0.465 e. The molecule has 4 aromatic rings. The smallest absolute Gasteiger partial charge is 0.339 e. The minimum atomic E-state index is -0.355. The molecule has 0 spiro atoms. The molecule has 0 amide bonds. The van der Waals surface area contributed by atoms with Crippen molar-refractivity contribution in [1.82, 2.24) is 19.9 Å². The first-order valence-electron chi connectivity index (χ1n) is 12.4. The van der Waals surface area contributed by atoms with Gasteiger partial charge in [-0.05, 0) is 34.7 Å². The van der Waals surface area contributed by atoms with Gasteiger partial charge in [-0.3, -0.25) is 9.88 Å². The molecule has 7 heteroatoms. The zero-order valence-electron chi connectivity index (χ0n) is 21.4. The molecule has 1 N–H and O–H groups in total. The standard InChI is InChI=1S/C29H33N5O2/c1-29(2,3)23-10-8-21(9-11-23)27-31-24-6-5-7-25(26(24)32-27)34-14-12-33(13-15-34)19-20-16-22(18-30-17-20)28(35)36-4/h5-11,16-18H,12-15,19H2,1-4H3,(H,31,32). The molecular weight excluding hydrogens is 450 g/mol. The van der Waals surface area contributed by atoms with Crippen LogP contribution >= 0.6 is 0 Å². The number of nitrogens with one attached hydrogen (secondary N) is 1. The van der Waals surface area contributed by atoms with Gasteiger partial charge in [-0.25, -0.2) is 9.78 Å². The van der Waals surface area contributed by atoms with Crippen molar-refractivity contribution < 1.29 is 9.53 Å². The summed E-state index contributed by atoms with van der Waals surface area (Å²) in [5.74, 6) is 0.542. The Morgan fingerprint density at radius 2 is 1.78 bits per heavy atom. The fourth-order valence-corrected chi connectivity index (χ4v) is 4.75. The Balaban J connectivity index is 1.29. The lowest BCUT2D eigenvalue weighted by Crippen LogP contribution is -2.46. The van der Waals surface area contributed by atoms with Crippen LogP contribution in [0.2, 0.25) is 0 Å². The molecule has 0 saturated carbocycles. The number of H-pyrrole nitrogens is 1. The number of anilines is 1. The minimum absolute atomic E-state index is 0.127. The largest absolute Gasteiger partial charge is 0.465 e. The summed E-state index contributed by atoms with van der Waals surface area (Å²) in [7, 11) is 1.39. The van der Waals surface area contributed by atoms with E-state index in [1.807, 2.05) is 12.3 Å². The summed E-state index contributed by atoms with van der Waals surface area (Å²) in [4.78, 5) is 29.3. The van der Waals surface area contributed by atoms with E-state index in [-0.39, 0.29) is 11.4 Å². The number of aromatic nitrogens is 3. The number of methoxy groups -OCH3 is 1. The number of fused-ring (bicyclic) bond motifs is 1. The Hall–Kier alpha value is -3.71. The van der Waals surface area contributed by atoms with Gasteiger partial charge in [-0.1, -0.05) is 51.1 Å². The van der Waals surface area contributed by atoms with Gasteiger partial charge in [0.05, 0.1) is 29.4 Å². The highest BCUT2D eigenvalue weighted by atomic mass is 16.5. The summed E-state index contributed by atoms with van der Waals surface area (Å²) in [6, 6.07) is 16.9. The van der Waals surface area contributed by atoms with Gasteiger partial charge in [0, 0.05) is 50.7 Å². The lowest BCUT2D eigenvalue weighted by Gasteiger charge is -2.36. The van der Waals surface area contributed by atoms with E-state index >= 15 is 0 Å². The Morgan fingerprint density at radius 1 is 1.03 bits per heavy atom. The Labute approximate surface area is 212 Å². The number of rotatable bonds is 5. The van der Waals surface area contributed by atoms with Crippen LogP contribution in [0.3, 0.4) is 0 Å². The molecule has 5 rings (SSSR count). The van der Waals surface area contributed by atoms with Gasteiger partial charge in [-0.2, -0.15) is 0 Å². The molecule has 1 saturated heterocycles. The number of para-hydroxylation sites is 1. The molecule has 1 aliphatic heterocycles. The summed E-state index contributed by atoms with van der Waals surface area (Å²) < 4.78 is 4.82. The zero-order valence-corrected chi connectivity index (χ0v) is 21.4. The maximum atomic E-state index is 11.8. The molecule has 2 aromatic carbocycles. The molecule has 0 unspecified atom stereocenters. The van der Waals surface area contributed by atoms with Gasteiger partial charge in [0.2, 0.25) is 0 Å². The van der Waals surface area contributed by atoms with Crippen molar-refractivity contribution in [1.29, 1.82) is 0 Å². The Bertz CT molecular complexity index is 1360. The number of imidazole rings is 1. The topological polar surface area (TPSA) is 74.3 Å². The highest BCUT2D eigenvalue weighted by Gasteiger charge is 2.21. The van der Waals surface area contributed by atoms with E-state index in [2.05, 4.69) is 83.0 Å². The highest BCUT2D eigenvalue weighted by Crippen LogP contribution is 2.30. The first-order valence-corrected chi connectivity index (χ1v) is 12.4. The number of hydrogen-bond acceptors (Lipinski definition) is 6. The third-order valence-electron chi connectivity index (χ3n) is 6.86. The van der Waals surface area contributed by atoms with Crippen molar-refractivity contribution in [2.24, 2.45) is 0 Å². The van der Waals surface area contributed by atoms with Crippen LogP contribution in [0.4, 0.5) is 5.69 Å². The normalized spacial score (nSPS) is 14.8. The van der Waals surface area contributed by atoms with Crippen molar-refractivity contribution in [3.05, 3.63) is 77.6 Å². The summed E-state index contributed by atoms with van der Waals surface area (Å²) in [6.07, 6.45) is 3.37. The number of aromatic amines is 1. The van der Waals surface area contributed by atoms with Crippen LogP contribution in [0.15, 0.2) is 60.9 Å². The number of carbonyl (C=O) groups excluding carboxylic acids is 1. The lowest BCUT2D eigenvalue weighted by atomic mass is 9.87. The maximum Gasteiger partial charge on any atom is 0.339 e. The van der Waals surface area contributed by atoms with E-state index in [0.29, 0.717) is 5.56 Å². The molecule has 2 aromatic heterocycles. The summed E-state index contributed by atoms with van der Waals surface area (Å²) in [5, 5.41) is 0. The summed E-state index contributed by atoms with van der Waals surface area (Å²) in [6.45, 7) is 11.1. The number of carbonyl (C=O) groups is 1. The predicted octanol–water partition coefficient (Wildman–Crippen LogP) is 5.03. The Kier molecular flexibility index (Phi) is 6.49. The second kappa shape index (κ2) is 9.74. The highest BCUT2D eigenvalue weighted by molar-refractivity contribution is 5.91. The molecule has 0 aliphatic carbocycles.